The Morgan fingerprint density at radius 3 is 2.45 bits per heavy atom. The van der Waals surface area contributed by atoms with Gasteiger partial charge in [-0.25, -0.2) is 23.1 Å². The van der Waals surface area contributed by atoms with Crippen LogP contribution < -0.4 is 5.32 Å². The van der Waals surface area contributed by atoms with Crippen LogP contribution in [0.5, 0.6) is 0 Å². The first-order valence-corrected chi connectivity index (χ1v) is 13.2. The molecule has 0 aromatic heterocycles. The van der Waals surface area contributed by atoms with Gasteiger partial charge < -0.3 is 39.6 Å². The molecule has 15 nitrogen and oxygen atoms in total. The van der Waals surface area contributed by atoms with Crippen LogP contribution in [0.3, 0.4) is 0 Å². The maximum absolute atomic E-state index is 14.7. The molecular weight excluding hydrogens is 514 g/mol. The summed E-state index contributed by atoms with van der Waals surface area (Å²) < 4.78 is 65.7. The lowest BCUT2D eigenvalue weighted by Crippen LogP contribution is -2.47. The van der Waals surface area contributed by atoms with Crippen molar-refractivity contribution in [3.63, 3.8) is 0 Å². The molecule has 0 bridgehead atoms. The first kappa shape index (κ1) is 26.8. The third kappa shape index (κ3) is 7.02. The zero-order valence-electron chi connectivity index (χ0n) is 15.6. The van der Waals surface area contributed by atoms with Gasteiger partial charge in [-0.3, -0.25) is 4.52 Å². The average Bonchev–Trinajstić information content (AvgIpc) is 2.89. The van der Waals surface area contributed by atoms with Crippen molar-refractivity contribution in [2.75, 3.05) is 26.2 Å². The number of aliphatic imine (C=N–C) groups is 1. The van der Waals surface area contributed by atoms with E-state index in [9.17, 15) is 28.1 Å². The van der Waals surface area contributed by atoms with Crippen LogP contribution in [0.15, 0.2) is 17.3 Å². The highest BCUT2D eigenvalue weighted by molar-refractivity contribution is 7.66. The number of nitrogens with zero attached hydrogens (tertiary/aromatic N) is 2. The van der Waals surface area contributed by atoms with Crippen LogP contribution in [0, 0.1) is 0 Å². The van der Waals surface area contributed by atoms with E-state index in [1.807, 2.05) is 0 Å². The van der Waals surface area contributed by atoms with Gasteiger partial charge in [-0.1, -0.05) is 0 Å². The van der Waals surface area contributed by atoms with Gasteiger partial charge in [0.25, 0.3) is 0 Å². The number of halogens is 2. The molecule has 6 N–H and O–H groups in total. The number of phosphoric ester groups is 1. The van der Waals surface area contributed by atoms with E-state index in [4.69, 9.17) is 31.0 Å². The van der Waals surface area contributed by atoms with Crippen LogP contribution in [-0.4, -0.2) is 85.7 Å². The molecule has 0 saturated carbocycles. The van der Waals surface area contributed by atoms with E-state index in [0.717, 1.165) is 0 Å². The topological polar surface area (TPSA) is 217 Å². The Labute approximate surface area is 179 Å². The molecule has 1 saturated heterocycles. The van der Waals surface area contributed by atoms with Crippen LogP contribution in [0.4, 0.5) is 4.39 Å². The number of amidine groups is 1. The molecule has 2 aliphatic heterocycles. The summed E-state index contributed by atoms with van der Waals surface area (Å²) in [6.45, 7) is -1.17. The van der Waals surface area contributed by atoms with Crippen molar-refractivity contribution in [2.24, 2.45) is 4.99 Å². The second-order valence-corrected chi connectivity index (χ2v) is 10.9. The van der Waals surface area contributed by atoms with Gasteiger partial charge in [0.2, 0.25) is 0 Å². The van der Waals surface area contributed by atoms with Gasteiger partial charge >= 0.3 is 23.5 Å². The molecule has 0 amide bonds. The number of aliphatic hydroxyl groups excluding tert-OH is 1. The largest absolute Gasteiger partial charge is 0.490 e. The molecule has 6 atom stereocenters. The molecule has 20 heteroatoms. The van der Waals surface area contributed by atoms with Crippen molar-refractivity contribution in [3.8, 4) is 0 Å². The predicted molar refractivity (Wildman–Crippen MR) is 101 cm³/mol. The molecule has 2 aliphatic rings. The fraction of sp³-hybridized carbons (Fsp3) is 0.727. The number of alkyl halides is 2. The highest BCUT2D eigenvalue weighted by Gasteiger charge is 2.57. The number of likely N-dealkylation sites (N-methyl/N-ethyl adjacent to an activating group) is 1. The van der Waals surface area contributed by atoms with Crippen molar-refractivity contribution in [1.82, 2.24) is 10.2 Å². The fourth-order valence-electron chi connectivity index (χ4n) is 2.59. The van der Waals surface area contributed by atoms with E-state index in [0.29, 0.717) is 5.84 Å². The van der Waals surface area contributed by atoms with E-state index in [1.54, 1.807) is 7.05 Å². The van der Waals surface area contributed by atoms with Crippen LogP contribution in [-0.2, 0) is 31.6 Å². The van der Waals surface area contributed by atoms with E-state index >= 15 is 0 Å². The molecule has 2 rings (SSSR count). The molecule has 0 radical (unpaired) electrons. The third-order valence-corrected chi connectivity index (χ3v) is 8.23. The van der Waals surface area contributed by atoms with Crippen molar-refractivity contribution in [3.05, 3.63) is 12.3 Å². The summed E-state index contributed by atoms with van der Waals surface area (Å²) in [5, 5.41) is 13.1. The van der Waals surface area contributed by atoms with Gasteiger partial charge in [-0.05, 0) is 6.08 Å². The van der Waals surface area contributed by atoms with E-state index < -0.39 is 60.1 Å². The number of aliphatic hydroxyl groups is 1. The monoisotopic (exact) mass is 533 g/mol. The van der Waals surface area contributed by atoms with Crippen LogP contribution >= 0.6 is 35.1 Å². The second kappa shape index (κ2) is 9.82. The third-order valence-electron chi connectivity index (χ3n) is 3.99. The summed E-state index contributed by atoms with van der Waals surface area (Å²) in [6.07, 6.45) is -2.53. The fourth-order valence-corrected chi connectivity index (χ4v) is 5.96. The first-order valence-electron chi connectivity index (χ1n) is 8.14. The van der Waals surface area contributed by atoms with Crippen LogP contribution in [0.25, 0.3) is 0 Å². The highest BCUT2D eigenvalue weighted by Crippen LogP contribution is 2.66. The minimum Gasteiger partial charge on any atom is -0.387 e. The van der Waals surface area contributed by atoms with Gasteiger partial charge in [-0.2, -0.15) is 8.62 Å². The highest BCUT2D eigenvalue weighted by atomic mass is 35.5. The van der Waals surface area contributed by atoms with E-state index in [2.05, 4.69) is 23.5 Å². The lowest BCUT2D eigenvalue weighted by atomic mass is 9.99. The van der Waals surface area contributed by atoms with Gasteiger partial charge in [0.15, 0.2) is 12.4 Å². The second-order valence-electron chi connectivity index (χ2n) is 6.23. The first-order chi connectivity index (χ1) is 14.1. The van der Waals surface area contributed by atoms with Gasteiger partial charge in [0.1, 0.15) is 24.2 Å². The van der Waals surface area contributed by atoms with Crippen molar-refractivity contribution in [2.45, 2.75) is 24.1 Å². The number of hydrogen-bond acceptors (Lipinski definition) is 11. The number of nitrogens with one attached hydrogen (secondary N) is 1. The Balaban J connectivity index is 2.09. The molecule has 1 fully saturated rings. The number of ether oxygens (including phenoxy) is 1. The summed E-state index contributed by atoms with van der Waals surface area (Å²) in [5.74, 6) is -0.148. The Bertz CT molecular complexity index is 872. The summed E-state index contributed by atoms with van der Waals surface area (Å²) in [4.78, 5) is 41.1. The molecule has 0 spiro atoms. The van der Waals surface area contributed by atoms with Crippen LogP contribution in [0.2, 0.25) is 0 Å². The van der Waals surface area contributed by atoms with Gasteiger partial charge in [0, 0.05) is 13.2 Å². The predicted octanol–water partition coefficient (Wildman–Crippen LogP) is -0.233. The molecule has 180 valence electrons. The molecule has 0 aliphatic carbocycles. The standard InChI is InChI=1S/C11H20ClFN3O12P3/c1-14-7-2-3-16(6-15-7)10-8(13)9(17)11(4-12,26-10)5-25-30(21,22)28-31(23,24)27-29(18,19)20/h2-3,8-10,17H,4-6H2,1H3,(H,14,15)(H,21,22)(H,23,24)(H2,18,19,20)/t8-,9+,10-,11-/m1/s1. The molecule has 0 aromatic rings. The molecule has 2 heterocycles. The molecule has 0 aromatic carbocycles. The summed E-state index contributed by atoms with van der Waals surface area (Å²) >= 11 is 5.77. The SMILES string of the molecule is CNC1=NCN([C@@H]2O[C@](CCl)(COP(=O)(O)OP(=O)(O)OP(=O)(O)O)[C@@H](O)[C@H]2F)C=C1. The Hall–Kier alpha value is -0.440. The lowest BCUT2D eigenvalue weighted by Gasteiger charge is -2.32. The smallest absolute Gasteiger partial charge is 0.387 e. The van der Waals surface area contributed by atoms with Crippen molar-refractivity contribution >= 4 is 40.9 Å². The van der Waals surface area contributed by atoms with E-state index in [-0.39, 0.29) is 6.67 Å². The summed E-state index contributed by atoms with van der Waals surface area (Å²) in [6, 6.07) is 0. The minimum absolute atomic E-state index is 0.0568. The normalized spacial score (nSPS) is 33.0. The van der Waals surface area contributed by atoms with Crippen molar-refractivity contribution < 1.29 is 60.6 Å². The zero-order valence-corrected chi connectivity index (χ0v) is 19.0. The van der Waals surface area contributed by atoms with Crippen molar-refractivity contribution in [1.29, 1.82) is 0 Å². The Morgan fingerprint density at radius 2 is 1.97 bits per heavy atom. The maximum Gasteiger partial charge on any atom is 0.490 e. The number of hydrogen-bond donors (Lipinski definition) is 6. The van der Waals surface area contributed by atoms with E-state index in [1.165, 1.54) is 17.2 Å². The maximum atomic E-state index is 14.7. The zero-order chi connectivity index (χ0) is 23.7. The molecule has 2 unspecified atom stereocenters. The number of rotatable bonds is 9. The number of phosphoric acid groups is 3. The van der Waals surface area contributed by atoms with Gasteiger partial charge in [0.05, 0.1) is 12.5 Å². The van der Waals surface area contributed by atoms with Crippen LogP contribution in [0.1, 0.15) is 0 Å². The quantitative estimate of drug-likeness (QED) is 0.167. The Morgan fingerprint density at radius 1 is 1.32 bits per heavy atom. The Kier molecular flexibility index (Phi) is 8.49. The summed E-state index contributed by atoms with van der Waals surface area (Å²) in [5.41, 5.74) is -2.10. The molecular formula is C11H20ClFN3O12P3. The average molecular weight is 534 g/mol. The summed E-state index contributed by atoms with van der Waals surface area (Å²) in [7, 11) is -15.2. The lowest BCUT2D eigenvalue weighted by molar-refractivity contribution is -0.124. The molecule has 31 heavy (non-hydrogen) atoms. The van der Waals surface area contributed by atoms with Gasteiger partial charge in [-0.15, -0.1) is 11.6 Å². The minimum atomic E-state index is -5.75.